The third-order valence-electron chi connectivity index (χ3n) is 3.12. The second-order valence-corrected chi connectivity index (χ2v) is 10.2. The lowest BCUT2D eigenvalue weighted by Gasteiger charge is -2.24. The van der Waals surface area contributed by atoms with Crippen LogP contribution in [0.5, 0.6) is 0 Å². The summed E-state index contributed by atoms with van der Waals surface area (Å²) in [6, 6.07) is 8.79. The van der Waals surface area contributed by atoms with Crippen molar-refractivity contribution in [2.75, 3.05) is 11.5 Å². The van der Waals surface area contributed by atoms with Crippen LogP contribution in [0.2, 0.25) is 0 Å². The van der Waals surface area contributed by atoms with Crippen LogP contribution in [0.25, 0.3) is 0 Å². The Bertz CT molecular complexity index is 374. The minimum Gasteiger partial charge on any atom is -0.178 e. The summed E-state index contributed by atoms with van der Waals surface area (Å²) in [4.78, 5) is 0. The van der Waals surface area contributed by atoms with Crippen LogP contribution < -0.4 is 0 Å². The zero-order valence-electron chi connectivity index (χ0n) is 12.8. The Balaban J connectivity index is 2.69. The normalized spacial score (nSPS) is 12.7. The average Bonchev–Trinajstić information content (AvgIpc) is 2.44. The molecule has 4 heteroatoms. The van der Waals surface area contributed by atoms with Crippen LogP contribution in [-0.2, 0) is 11.5 Å². The summed E-state index contributed by atoms with van der Waals surface area (Å²) in [6.07, 6.45) is 0. The maximum absolute atomic E-state index is 4.43. The molecule has 0 N–H and O–H groups in total. The van der Waals surface area contributed by atoms with Crippen LogP contribution in [0.1, 0.15) is 38.8 Å². The van der Waals surface area contributed by atoms with Gasteiger partial charge in [-0.3, -0.25) is 0 Å². The van der Waals surface area contributed by atoms with Crippen LogP contribution in [-0.4, -0.2) is 21.0 Å². The van der Waals surface area contributed by atoms with E-state index in [9.17, 15) is 0 Å². The van der Waals surface area contributed by atoms with Crippen molar-refractivity contribution in [3.63, 3.8) is 0 Å². The molecule has 20 heavy (non-hydrogen) atoms. The lowest BCUT2D eigenvalue weighted by Crippen LogP contribution is -2.18. The zero-order chi connectivity index (χ0) is 15.2. The summed E-state index contributed by atoms with van der Waals surface area (Å²) >= 11 is 12.8. The molecule has 0 nitrogen and oxygen atoms in total. The molecule has 0 bridgehead atoms. The molecule has 0 aliphatic rings. The Kier molecular flexibility index (Phi) is 7.75. The Morgan fingerprint density at radius 1 is 0.800 bits per heavy atom. The number of thiol groups is 2. The lowest BCUT2D eigenvalue weighted by atomic mass is 10.1. The van der Waals surface area contributed by atoms with E-state index in [4.69, 9.17) is 0 Å². The van der Waals surface area contributed by atoms with Crippen molar-refractivity contribution in [3.8, 4) is 0 Å². The van der Waals surface area contributed by atoms with E-state index in [2.05, 4.69) is 77.2 Å². The van der Waals surface area contributed by atoms with Crippen molar-refractivity contribution < 1.29 is 0 Å². The highest BCUT2D eigenvalue weighted by atomic mass is 32.2. The Morgan fingerprint density at radius 2 is 1.15 bits per heavy atom. The average molecular weight is 347 g/mol. The molecule has 0 aromatic heterocycles. The summed E-state index contributed by atoms with van der Waals surface area (Å²) in [7, 11) is 0. The van der Waals surface area contributed by atoms with Gasteiger partial charge in [-0.25, -0.2) is 0 Å². The van der Waals surface area contributed by atoms with E-state index in [1.54, 1.807) is 0 Å². The number of hydrogen-bond acceptors (Lipinski definition) is 4. The summed E-state index contributed by atoms with van der Waals surface area (Å²) < 4.78 is 0.460. The number of benzene rings is 1. The maximum atomic E-state index is 4.43. The van der Waals surface area contributed by atoms with Gasteiger partial charge in [-0.2, -0.15) is 48.8 Å². The van der Waals surface area contributed by atoms with Gasteiger partial charge in [0.1, 0.15) is 0 Å². The quantitative estimate of drug-likeness (QED) is 0.591. The minimum atomic E-state index is 0.230. The molecule has 1 aromatic rings. The molecule has 0 fully saturated rings. The highest BCUT2D eigenvalue weighted by Crippen LogP contribution is 2.33. The van der Waals surface area contributed by atoms with Crippen LogP contribution >= 0.6 is 48.8 Å². The summed E-state index contributed by atoms with van der Waals surface area (Å²) in [5, 5.41) is 0. The van der Waals surface area contributed by atoms with Crippen LogP contribution in [0.15, 0.2) is 24.3 Å². The molecule has 0 aliphatic carbocycles. The standard InChI is InChI=1S/C16H26S4/c1-15(2,11-17)19-9-13-7-5-6-8-14(13)10-20-16(3,4)12-18/h5-8,17-18H,9-12H2,1-4H3. The molecule has 1 aromatic carbocycles. The van der Waals surface area contributed by atoms with Gasteiger partial charge in [0.2, 0.25) is 0 Å². The van der Waals surface area contributed by atoms with Gasteiger partial charge in [0, 0.05) is 32.5 Å². The van der Waals surface area contributed by atoms with E-state index < -0.39 is 0 Å². The van der Waals surface area contributed by atoms with Gasteiger partial charge in [0.05, 0.1) is 0 Å². The molecule has 1 rings (SSSR count). The third-order valence-corrected chi connectivity index (χ3v) is 7.89. The van der Waals surface area contributed by atoms with Gasteiger partial charge >= 0.3 is 0 Å². The van der Waals surface area contributed by atoms with Crippen molar-refractivity contribution in [3.05, 3.63) is 35.4 Å². The van der Waals surface area contributed by atoms with Gasteiger partial charge in [-0.05, 0) is 38.8 Å². The molecule has 0 amide bonds. The Hall–Kier alpha value is 0.620. The third kappa shape index (κ3) is 6.59. The molecule has 0 spiro atoms. The van der Waals surface area contributed by atoms with Crippen LogP contribution in [0, 0.1) is 0 Å². The molecular formula is C16H26S4. The van der Waals surface area contributed by atoms with Gasteiger partial charge in [0.25, 0.3) is 0 Å². The molecule has 0 atom stereocenters. The van der Waals surface area contributed by atoms with Gasteiger partial charge < -0.3 is 0 Å². The molecule has 0 saturated carbocycles. The molecule has 0 heterocycles. The number of rotatable bonds is 8. The summed E-state index contributed by atoms with van der Waals surface area (Å²) in [5.74, 6) is 3.93. The molecule has 0 unspecified atom stereocenters. The molecule has 0 radical (unpaired) electrons. The fraction of sp³-hybridized carbons (Fsp3) is 0.625. The molecular weight excluding hydrogens is 320 g/mol. The SMILES string of the molecule is CC(C)(CS)SCc1ccccc1CSC(C)(C)CS. The first-order valence-electron chi connectivity index (χ1n) is 6.86. The first kappa shape index (κ1) is 18.7. The number of thioether (sulfide) groups is 2. The fourth-order valence-corrected chi connectivity index (χ4v) is 3.86. The van der Waals surface area contributed by atoms with E-state index in [-0.39, 0.29) is 9.49 Å². The Labute approximate surface area is 144 Å². The van der Waals surface area contributed by atoms with Crippen molar-refractivity contribution in [1.82, 2.24) is 0 Å². The predicted octanol–water partition coefficient (Wildman–Crippen LogP) is 5.57. The van der Waals surface area contributed by atoms with Gasteiger partial charge in [-0.1, -0.05) is 24.3 Å². The highest BCUT2D eigenvalue weighted by Gasteiger charge is 2.19. The van der Waals surface area contributed by atoms with Crippen molar-refractivity contribution >= 4 is 48.8 Å². The highest BCUT2D eigenvalue weighted by molar-refractivity contribution is 8.01. The van der Waals surface area contributed by atoms with Crippen LogP contribution in [0.3, 0.4) is 0 Å². The smallest absolute Gasteiger partial charge is 0.0194 e. The van der Waals surface area contributed by atoms with Crippen molar-refractivity contribution in [1.29, 1.82) is 0 Å². The van der Waals surface area contributed by atoms with Gasteiger partial charge in [-0.15, -0.1) is 0 Å². The number of hydrogen-bond donors (Lipinski definition) is 2. The monoisotopic (exact) mass is 346 g/mol. The van der Waals surface area contributed by atoms with E-state index in [0.29, 0.717) is 0 Å². The molecule has 0 aliphatic heterocycles. The van der Waals surface area contributed by atoms with Gasteiger partial charge in [0.15, 0.2) is 0 Å². The molecule has 0 saturated heterocycles. The fourth-order valence-electron chi connectivity index (χ4n) is 1.48. The minimum absolute atomic E-state index is 0.230. The second kappa shape index (κ2) is 8.30. The van der Waals surface area contributed by atoms with E-state index in [1.165, 1.54) is 11.1 Å². The predicted molar refractivity (Wildman–Crippen MR) is 105 cm³/mol. The van der Waals surface area contributed by atoms with Crippen molar-refractivity contribution in [2.24, 2.45) is 0 Å². The van der Waals surface area contributed by atoms with Crippen molar-refractivity contribution in [2.45, 2.75) is 48.7 Å². The zero-order valence-corrected chi connectivity index (χ0v) is 16.3. The maximum Gasteiger partial charge on any atom is 0.0194 e. The lowest BCUT2D eigenvalue weighted by molar-refractivity contribution is 0.816. The van der Waals surface area contributed by atoms with E-state index in [0.717, 1.165) is 23.0 Å². The first-order chi connectivity index (χ1) is 9.29. The van der Waals surface area contributed by atoms with E-state index in [1.807, 2.05) is 23.5 Å². The first-order valence-corrected chi connectivity index (χ1v) is 10.1. The summed E-state index contributed by atoms with van der Waals surface area (Å²) in [5.41, 5.74) is 2.91. The largest absolute Gasteiger partial charge is 0.178 e. The second-order valence-electron chi connectivity index (χ2n) is 6.18. The Morgan fingerprint density at radius 3 is 1.45 bits per heavy atom. The van der Waals surface area contributed by atoms with Crippen LogP contribution in [0.4, 0.5) is 0 Å². The molecule has 114 valence electrons. The van der Waals surface area contributed by atoms with E-state index >= 15 is 0 Å². The summed E-state index contributed by atoms with van der Waals surface area (Å²) in [6.45, 7) is 9.02. The topological polar surface area (TPSA) is 0 Å².